The maximum atomic E-state index is 11.8. The van der Waals surface area contributed by atoms with Gasteiger partial charge in [0.15, 0.2) is 5.69 Å². The molecule has 0 aliphatic heterocycles. The summed E-state index contributed by atoms with van der Waals surface area (Å²) in [4.78, 5) is 27.7. The third-order valence-corrected chi connectivity index (χ3v) is 2.83. The quantitative estimate of drug-likeness (QED) is 0.863. The Balaban J connectivity index is 2.36. The number of methoxy groups -OCH3 is 1. The van der Waals surface area contributed by atoms with Gasteiger partial charge in [-0.2, -0.15) is 0 Å². The predicted molar refractivity (Wildman–Crippen MR) is 81.1 cm³/mol. The predicted octanol–water partition coefficient (Wildman–Crippen LogP) is 2.78. The number of esters is 1. The normalized spacial score (nSPS) is 11.3. The second kappa shape index (κ2) is 5.67. The molecule has 2 aromatic rings. The van der Waals surface area contributed by atoms with Gasteiger partial charge in [-0.25, -0.2) is 14.6 Å². The van der Waals surface area contributed by atoms with E-state index >= 15 is 0 Å². The average molecular weight is 305 g/mol. The summed E-state index contributed by atoms with van der Waals surface area (Å²) in [5.41, 5.74) is 1.63. The average Bonchev–Trinajstić information content (AvgIpc) is 2.79. The molecular formula is C15H19N3O4. The van der Waals surface area contributed by atoms with Crippen LogP contribution in [0.4, 0.5) is 10.5 Å². The zero-order valence-electron chi connectivity index (χ0n) is 13.3. The maximum absolute atomic E-state index is 11.8. The minimum absolute atomic E-state index is 0.286. The molecule has 2 heterocycles. The SMILES string of the molecule is COC(=O)c1cnc2c(C)cc(NC(=O)OC(C)(C)C)cn12. The van der Waals surface area contributed by atoms with E-state index < -0.39 is 17.7 Å². The number of fused-ring (bicyclic) bond motifs is 1. The molecule has 0 atom stereocenters. The number of nitrogens with one attached hydrogen (secondary N) is 1. The van der Waals surface area contributed by atoms with Crippen LogP contribution in [0.2, 0.25) is 0 Å². The van der Waals surface area contributed by atoms with E-state index in [4.69, 9.17) is 9.47 Å². The lowest BCUT2D eigenvalue weighted by Gasteiger charge is -2.19. The van der Waals surface area contributed by atoms with Gasteiger partial charge in [0.2, 0.25) is 0 Å². The van der Waals surface area contributed by atoms with Crippen LogP contribution in [0.5, 0.6) is 0 Å². The Hall–Kier alpha value is -2.57. The number of carbonyl (C=O) groups is 2. The maximum Gasteiger partial charge on any atom is 0.412 e. The number of nitrogens with zero attached hydrogens (tertiary/aromatic N) is 2. The number of aromatic nitrogens is 2. The van der Waals surface area contributed by atoms with Gasteiger partial charge in [0.25, 0.3) is 0 Å². The number of carbonyl (C=O) groups excluding carboxylic acids is 2. The molecule has 0 saturated carbocycles. The molecule has 1 amide bonds. The number of ether oxygens (including phenoxy) is 2. The topological polar surface area (TPSA) is 81.9 Å². The summed E-state index contributed by atoms with van der Waals surface area (Å²) < 4.78 is 11.5. The fourth-order valence-electron chi connectivity index (χ4n) is 2.00. The van der Waals surface area contributed by atoms with Crippen LogP contribution in [0.3, 0.4) is 0 Å². The largest absolute Gasteiger partial charge is 0.464 e. The summed E-state index contributed by atoms with van der Waals surface area (Å²) in [6.07, 6.45) is 2.47. The molecule has 0 radical (unpaired) electrons. The molecule has 0 fully saturated rings. The van der Waals surface area contributed by atoms with Crippen LogP contribution in [-0.4, -0.2) is 34.2 Å². The van der Waals surface area contributed by atoms with Gasteiger partial charge in [0, 0.05) is 6.20 Å². The molecule has 0 aliphatic rings. The highest BCUT2D eigenvalue weighted by Gasteiger charge is 2.18. The van der Waals surface area contributed by atoms with Crippen LogP contribution >= 0.6 is 0 Å². The molecule has 22 heavy (non-hydrogen) atoms. The minimum atomic E-state index is -0.588. The van der Waals surface area contributed by atoms with Gasteiger partial charge in [-0.1, -0.05) is 0 Å². The van der Waals surface area contributed by atoms with Gasteiger partial charge in [0.1, 0.15) is 11.2 Å². The molecule has 0 spiro atoms. The number of hydrogen-bond acceptors (Lipinski definition) is 5. The van der Waals surface area contributed by atoms with Crippen molar-refractivity contribution in [1.29, 1.82) is 0 Å². The Morgan fingerprint density at radius 2 is 2.00 bits per heavy atom. The molecule has 2 aromatic heterocycles. The van der Waals surface area contributed by atoms with Crippen molar-refractivity contribution >= 4 is 23.4 Å². The Bertz CT molecular complexity index is 728. The Morgan fingerprint density at radius 3 is 2.59 bits per heavy atom. The number of anilines is 1. The van der Waals surface area contributed by atoms with E-state index in [0.29, 0.717) is 11.3 Å². The molecule has 2 rings (SSSR count). The van der Waals surface area contributed by atoms with E-state index in [0.717, 1.165) is 5.56 Å². The van der Waals surface area contributed by atoms with E-state index in [1.807, 2.05) is 6.92 Å². The molecule has 0 unspecified atom stereocenters. The smallest absolute Gasteiger partial charge is 0.412 e. The fraction of sp³-hybridized carbons (Fsp3) is 0.400. The molecule has 0 aliphatic carbocycles. The number of rotatable bonds is 2. The molecular weight excluding hydrogens is 286 g/mol. The number of pyridine rings is 1. The third kappa shape index (κ3) is 3.36. The Kier molecular flexibility index (Phi) is 4.07. The van der Waals surface area contributed by atoms with Crippen LogP contribution in [0.25, 0.3) is 5.65 Å². The van der Waals surface area contributed by atoms with Crippen LogP contribution in [0.1, 0.15) is 36.8 Å². The van der Waals surface area contributed by atoms with Crippen molar-refractivity contribution in [2.24, 2.45) is 0 Å². The summed E-state index contributed by atoms with van der Waals surface area (Å²) in [5.74, 6) is -0.499. The van der Waals surface area contributed by atoms with E-state index in [9.17, 15) is 9.59 Å². The first-order chi connectivity index (χ1) is 10.2. The Labute approximate surface area is 128 Å². The zero-order valence-corrected chi connectivity index (χ0v) is 13.3. The molecule has 0 aromatic carbocycles. The van der Waals surface area contributed by atoms with E-state index in [1.54, 1.807) is 37.4 Å². The van der Waals surface area contributed by atoms with Gasteiger partial charge in [-0.05, 0) is 39.3 Å². The number of amides is 1. The van der Waals surface area contributed by atoms with Crippen LogP contribution < -0.4 is 5.32 Å². The summed E-state index contributed by atoms with van der Waals surface area (Å²) in [7, 11) is 1.30. The van der Waals surface area contributed by atoms with Crippen LogP contribution in [-0.2, 0) is 9.47 Å². The fourth-order valence-corrected chi connectivity index (χ4v) is 2.00. The van der Waals surface area contributed by atoms with Gasteiger partial charge in [0.05, 0.1) is 19.0 Å². The van der Waals surface area contributed by atoms with Crippen molar-refractivity contribution in [3.63, 3.8) is 0 Å². The highest BCUT2D eigenvalue weighted by atomic mass is 16.6. The Morgan fingerprint density at radius 1 is 1.32 bits per heavy atom. The second-order valence-corrected chi connectivity index (χ2v) is 5.87. The highest BCUT2D eigenvalue weighted by molar-refractivity contribution is 5.89. The second-order valence-electron chi connectivity index (χ2n) is 5.87. The van der Waals surface area contributed by atoms with Crippen molar-refractivity contribution in [2.45, 2.75) is 33.3 Å². The van der Waals surface area contributed by atoms with Crippen molar-refractivity contribution in [2.75, 3.05) is 12.4 Å². The third-order valence-electron chi connectivity index (χ3n) is 2.83. The lowest BCUT2D eigenvalue weighted by molar-refractivity contribution is 0.0591. The molecule has 7 heteroatoms. The van der Waals surface area contributed by atoms with Crippen molar-refractivity contribution in [1.82, 2.24) is 9.38 Å². The van der Waals surface area contributed by atoms with Gasteiger partial charge in [-0.3, -0.25) is 9.72 Å². The van der Waals surface area contributed by atoms with E-state index in [1.165, 1.54) is 13.3 Å². The lowest BCUT2D eigenvalue weighted by atomic mass is 10.2. The van der Waals surface area contributed by atoms with Crippen molar-refractivity contribution < 1.29 is 19.1 Å². The lowest BCUT2D eigenvalue weighted by Crippen LogP contribution is -2.27. The first-order valence-corrected chi connectivity index (χ1v) is 6.77. The van der Waals surface area contributed by atoms with E-state index in [-0.39, 0.29) is 5.69 Å². The van der Waals surface area contributed by atoms with Crippen LogP contribution in [0.15, 0.2) is 18.5 Å². The molecule has 7 nitrogen and oxygen atoms in total. The minimum Gasteiger partial charge on any atom is -0.464 e. The first kappa shape index (κ1) is 15.8. The monoisotopic (exact) mass is 305 g/mol. The summed E-state index contributed by atoms with van der Waals surface area (Å²) >= 11 is 0. The molecule has 0 bridgehead atoms. The number of hydrogen-bond donors (Lipinski definition) is 1. The molecule has 0 saturated heterocycles. The van der Waals surface area contributed by atoms with Gasteiger partial charge in [-0.15, -0.1) is 0 Å². The van der Waals surface area contributed by atoms with Gasteiger partial charge < -0.3 is 9.47 Å². The molecule has 1 N–H and O–H groups in total. The summed E-state index contributed by atoms with van der Waals surface area (Å²) in [5, 5.41) is 2.64. The standard InChI is InChI=1S/C15H19N3O4/c1-9-6-10(17-14(20)22-15(2,3)4)8-18-11(13(19)21-5)7-16-12(9)18/h6-8H,1-5H3,(H,17,20). The highest BCUT2D eigenvalue weighted by Crippen LogP contribution is 2.19. The summed E-state index contributed by atoms with van der Waals surface area (Å²) in [6.45, 7) is 7.19. The van der Waals surface area contributed by atoms with Crippen molar-refractivity contribution in [3.05, 3.63) is 29.7 Å². The summed E-state index contributed by atoms with van der Waals surface area (Å²) in [6, 6.07) is 1.76. The van der Waals surface area contributed by atoms with Crippen LogP contribution in [0, 0.1) is 6.92 Å². The first-order valence-electron chi connectivity index (χ1n) is 6.77. The molecule has 118 valence electrons. The van der Waals surface area contributed by atoms with Gasteiger partial charge >= 0.3 is 12.1 Å². The number of imidazole rings is 1. The van der Waals surface area contributed by atoms with Crippen molar-refractivity contribution in [3.8, 4) is 0 Å². The number of aryl methyl sites for hydroxylation is 1. The van der Waals surface area contributed by atoms with E-state index in [2.05, 4.69) is 10.3 Å². The zero-order chi connectivity index (χ0) is 16.5.